The number of thiazole rings is 1. The van der Waals surface area contributed by atoms with E-state index in [1.54, 1.807) is 24.5 Å². The van der Waals surface area contributed by atoms with Gasteiger partial charge in [-0.2, -0.15) is 0 Å². The number of nitrogens with zero attached hydrogens (tertiary/aromatic N) is 4. The first kappa shape index (κ1) is 36.0. The van der Waals surface area contributed by atoms with E-state index in [1.165, 1.54) is 19.3 Å². The molecule has 0 saturated heterocycles. The van der Waals surface area contributed by atoms with Crippen molar-refractivity contribution in [3.05, 3.63) is 96.4 Å². The fourth-order valence-corrected chi connectivity index (χ4v) is 4.28. The first-order valence-electron chi connectivity index (χ1n) is 14.8. The van der Waals surface area contributed by atoms with E-state index >= 15 is 0 Å². The summed E-state index contributed by atoms with van der Waals surface area (Å²) in [7, 11) is 0. The quantitative estimate of drug-likeness (QED) is 0.145. The van der Waals surface area contributed by atoms with Crippen molar-refractivity contribution < 1.29 is 9.90 Å². The van der Waals surface area contributed by atoms with E-state index in [-0.39, 0.29) is 11.7 Å². The van der Waals surface area contributed by atoms with Crippen LogP contribution in [0.4, 0.5) is 5.13 Å². The molecule has 3 heterocycles. The maximum Gasteiger partial charge on any atom is 0.231 e. The minimum Gasteiger partial charge on any atom is -0.511 e. The summed E-state index contributed by atoms with van der Waals surface area (Å²) in [6, 6.07) is -0.527. The predicted molar refractivity (Wildman–Crippen MR) is 179 cm³/mol. The van der Waals surface area contributed by atoms with Crippen LogP contribution in [-0.4, -0.2) is 36.8 Å². The second kappa shape index (κ2) is 20.8. The Morgan fingerprint density at radius 3 is 2.64 bits per heavy atom. The third-order valence-corrected chi connectivity index (χ3v) is 6.58. The standard InChI is InChI=1S/C21H22N6O2S.C8H14.2C2H6/c1-13(14(2)28)23-20(29)17-7-4-11-27-18(25-26-19(17)27)15-5-3-6-16(9-8-15)24-21-22-10-12-30-21;1-3-5-7-8-6-4-2;2*1-2/h3-5,8-13,17,28H,2,6-7H2,1H3,(H,22,24)(H,23,29);3,5,7H,1,4,6,8H2,2H3;2*1-2H3. The molecule has 0 radical (unpaired) electrons. The number of carbonyl (C=O) groups excluding carboxylic acids is 1. The van der Waals surface area contributed by atoms with Crippen molar-refractivity contribution in [3.63, 3.8) is 0 Å². The summed E-state index contributed by atoms with van der Waals surface area (Å²) in [5.41, 5.74) is 1.92. The van der Waals surface area contributed by atoms with Crippen LogP contribution in [-0.2, 0) is 4.79 Å². The van der Waals surface area contributed by atoms with Gasteiger partial charge in [-0.1, -0.05) is 97.1 Å². The van der Waals surface area contributed by atoms with Gasteiger partial charge in [0.1, 0.15) is 17.5 Å². The molecular weight excluding hydrogens is 544 g/mol. The zero-order valence-electron chi connectivity index (χ0n) is 26.0. The Morgan fingerprint density at radius 2 is 2.00 bits per heavy atom. The number of rotatable bonds is 10. The van der Waals surface area contributed by atoms with Gasteiger partial charge < -0.3 is 15.7 Å². The second-order valence-electron chi connectivity index (χ2n) is 8.84. The van der Waals surface area contributed by atoms with Crippen LogP contribution in [0.5, 0.6) is 0 Å². The number of aliphatic hydroxyl groups is 1. The highest BCUT2D eigenvalue weighted by Crippen LogP contribution is 2.29. The Balaban J connectivity index is 0.000000631. The molecule has 2 aromatic rings. The van der Waals surface area contributed by atoms with Crippen molar-refractivity contribution >= 4 is 34.1 Å². The number of allylic oxidation sites excluding steroid dienone is 9. The Bertz CT molecular complexity index is 1250. The minimum absolute atomic E-state index is 0.0837. The normalized spacial score (nSPS) is 15.5. The number of fused-ring (bicyclic) bond motifs is 1. The van der Waals surface area contributed by atoms with Crippen molar-refractivity contribution in [1.82, 2.24) is 25.1 Å². The van der Waals surface area contributed by atoms with Gasteiger partial charge in [0.15, 0.2) is 11.0 Å². The fraction of sp³-hybridized carbons (Fsp3) is 0.394. The monoisotopic (exact) mass is 592 g/mol. The summed E-state index contributed by atoms with van der Waals surface area (Å²) in [5.74, 6) is 0.457. The summed E-state index contributed by atoms with van der Waals surface area (Å²) in [4.78, 5) is 16.9. The number of hydrogen-bond donors (Lipinski definition) is 3. The number of amides is 1. The van der Waals surface area contributed by atoms with Gasteiger partial charge in [-0.3, -0.25) is 9.36 Å². The molecule has 0 fully saturated rings. The summed E-state index contributed by atoms with van der Waals surface area (Å²) in [6.07, 6.45) is 24.6. The molecule has 4 rings (SSSR count). The van der Waals surface area contributed by atoms with E-state index in [9.17, 15) is 9.90 Å². The summed E-state index contributed by atoms with van der Waals surface area (Å²) in [5, 5.41) is 27.0. The van der Waals surface area contributed by atoms with Crippen molar-refractivity contribution in [2.75, 3.05) is 5.32 Å². The SMILES string of the molecule is C=C(O)C(C)NC(=O)C1CC=Cn2c(C3=CC=C(Nc4nccs4)CC=C3)nnc21.C=CC=CCCCC.CC.CC. The fourth-order valence-electron chi connectivity index (χ4n) is 3.72. The number of aliphatic hydroxyl groups excluding tert-OH is 1. The van der Waals surface area contributed by atoms with Crippen molar-refractivity contribution in [3.8, 4) is 0 Å². The maximum atomic E-state index is 12.7. The van der Waals surface area contributed by atoms with Crippen molar-refractivity contribution in [2.24, 2.45) is 0 Å². The Labute approximate surface area is 256 Å². The second-order valence-corrected chi connectivity index (χ2v) is 9.73. The lowest BCUT2D eigenvalue weighted by molar-refractivity contribution is -0.123. The number of hydrogen-bond acceptors (Lipinski definition) is 7. The zero-order chi connectivity index (χ0) is 31.3. The molecule has 1 amide bonds. The largest absolute Gasteiger partial charge is 0.511 e. The molecule has 0 aromatic carbocycles. The van der Waals surface area contributed by atoms with Gasteiger partial charge in [-0.05, 0) is 31.9 Å². The molecule has 1 aliphatic carbocycles. The average molecular weight is 593 g/mol. The van der Waals surface area contributed by atoms with Gasteiger partial charge in [0.2, 0.25) is 5.91 Å². The molecule has 0 saturated carbocycles. The number of aromatic nitrogens is 4. The van der Waals surface area contributed by atoms with E-state index in [0.29, 0.717) is 18.1 Å². The van der Waals surface area contributed by atoms with E-state index < -0.39 is 12.0 Å². The average Bonchev–Trinajstić information content (AvgIpc) is 3.63. The topological polar surface area (TPSA) is 105 Å². The maximum absolute atomic E-state index is 12.7. The summed E-state index contributed by atoms with van der Waals surface area (Å²) >= 11 is 1.55. The number of carbonyl (C=O) groups is 1. The van der Waals surface area contributed by atoms with Gasteiger partial charge in [-0.15, -0.1) is 21.5 Å². The third-order valence-electron chi connectivity index (χ3n) is 5.89. The predicted octanol–water partition coefficient (Wildman–Crippen LogP) is 8.58. The lowest BCUT2D eigenvalue weighted by Crippen LogP contribution is -2.38. The van der Waals surface area contributed by atoms with Crippen LogP contribution in [0.25, 0.3) is 11.8 Å². The molecule has 0 spiro atoms. The smallest absolute Gasteiger partial charge is 0.231 e. The van der Waals surface area contributed by atoms with Crippen molar-refractivity contribution in [1.29, 1.82) is 0 Å². The molecular formula is C33H48N6O2S. The Kier molecular flexibility index (Phi) is 17.9. The Morgan fingerprint density at radius 1 is 1.24 bits per heavy atom. The molecule has 1 aliphatic heterocycles. The van der Waals surface area contributed by atoms with E-state index in [1.807, 2.05) is 80.3 Å². The van der Waals surface area contributed by atoms with Gasteiger partial charge in [0.25, 0.3) is 0 Å². The molecule has 2 unspecified atom stereocenters. The van der Waals surface area contributed by atoms with Crippen LogP contribution in [0.3, 0.4) is 0 Å². The number of unbranched alkanes of at least 4 members (excludes halogenated alkanes) is 2. The molecule has 228 valence electrons. The van der Waals surface area contributed by atoms with E-state index in [0.717, 1.165) is 22.8 Å². The van der Waals surface area contributed by atoms with Gasteiger partial charge >= 0.3 is 0 Å². The van der Waals surface area contributed by atoms with Gasteiger partial charge in [0.05, 0.1) is 6.04 Å². The van der Waals surface area contributed by atoms with Crippen LogP contribution >= 0.6 is 11.3 Å². The molecule has 2 atom stereocenters. The molecule has 0 bridgehead atoms. The van der Waals surface area contributed by atoms with Crippen LogP contribution < -0.4 is 10.6 Å². The third kappa shape index (κ3) is 11.5. The summed E-state index contributed by atoms with van der Waals surface area (Å²) in [6.45, 7) is 18.9. The van der Waals surface area contributed by atoms with Crippen LogP contribution in [0.2, 0.25) is 0 Å². The first-order valence-corrected chi connectivity index (χ1v) is 15.6. The highest BCUT2D eigenvalue weighted by molar-refractivity contribution is 7.13. The molecule has 2 aromatic heterocycles. The lowest BCUT2D eigenvalue weighted by Gasteiger charge is -2.21. The molecule has 3 N–H and O–H groups in total. The number of anilines is 1. The van der Waals surface area contributed by atoms with Crippen LogP contribution in [0.15, 0.2) is 84.8 Å². The lowest BCUT2D eigenvalue weighted by atomic mass is 10.0. The molecule has 8 nitrogen and oxygen atoms in total. The molecule has 9 heteroatoms. The highest BCUT2D eigenvalue weighted by atomic mass is 32.1. The van der Waals surface area contributed by atoms with Crippen LogP contribution in [0, 0.1) is 0 Å². The Hall–Kier alpha value is -3.98. The summed E-state index contributed by atoms with van der Waals surface area (Å²) < 4.78 is 1.84. The van der Waals surface area contributed by atoms with Gasteiger partial charge in [-0.25, -0.2) is 4.98 Å². The van der Waals surface area contributed by atoms with E-state index in [2.05, 4.69) is 58.0 Å². The zero-order valence-corrected chi connectivity index (χ0v) is 26.8. The van der Waals surface area contributed by atoms with Gasteiger partial charge in [0, 0.05) is 35.5 Å². The molecule has 2 aliphatic rings. The minimum atomic E-state index is -0.527. The van der Waals surface area contributed by atoms with Crippen molar-refractivity contribution in [2.45, 2.75) is 85.6 Å². The van der Waals surface area contributed by atoms with Crippen LogP contribution in [0.1, 0.15) is 91.2 Å². The number of nitrogens with one attached hydrogen (secondary N) is 2. The molecule has 42 heavy (non-hydrogen) atoms. The van der Waals surface area contributed by atoms with E-state index in [4.69, 9.17) is 0 Å². The first-order chi connectivity index (χ1) is 20.4. The highest BCUT2D eigenvalue weighted by Gasteiger charge is 2.30.